The summed E-state index contributed by atoms with van der Waals surface area (Å²) in [4.78, 5) is 38.6. The molecule has 0 spiro atoms. The molecule has 6 nitrogen and oxygen atoms in total. The number of carbonyl (C=O) groups is 3. The molecule has 4 rings (SSSR count). The molecule has 2 aliphatic rings. The van der Waals surface area contributed by atoms with Crippen LogP contribution in [0.25, 0.3) is 0 Å². The third kappa shape index (κ3) is 2.83. The van der Waals surface area contributed by atoms with Crippen molar-refractivity contribution < 1.29 is 14.4 Å². The van der Waals surface area contributed by atoms with E-state index in [-0.39, 0.29) is 24.1 Å². The lowest BCUT2D eigenvalue weighted by Gasteiger charge is -2.17. The predicted molar refractivity (Wildman–Crippen MR) is 97.9 cm³/mol. The maximum Gasteiger partial charge on any atom is 0.254 e. The van der Waals surface area contributed by atoms with Crippen LogP contribution in [0.4, 0.5) is 11.4 Å². The van der Waals surface area contributed by atoms with E-state index < -0.39 is 5.92 Å². The van der Waals surface area contributed by atoms with Gasteiger partial charge in [-0.15, -0.1) is 0 Å². The van der Waals surface area contributed by atoms with Crippen LogP contribution in [0.3, 0.4) is 0 Å². The van der Waals surface area contributed by atoms with Crippen molar-refractivity contribution in [2.75, 3.05) is 16.8 Å². The van der Waals surface area contributed by atoms with E-state index in [1.54, 1.807) is 11.0 Å². The topological polar surface area (TPSA) is 78.5 Å². The first-order chi connectivity index (χ1) is 12.5. The first-order valence-electron chi connectivity index (χ1n) is 8.61. The number of anilines is 2. The zero-order chi connectivity index (χ0) is 18.3. The first kappa shape index (κ1) is 16.3. The molecule has 1 fully saturated rings. The summed E-state index contributed by atoms with van der Waals surface area (Å²) >= 11 is 0. The molecule has 0 aromatic heterocycles. The van der Waals surface area contributed by atoms with Crippen LogP contribution in [0, 0.1) is 12.8 Å². The van der Waals surface area contributed by atoms with Crippen LogP contribution in [0.2, 0.25) is 0 Å². The van der Waals surface area contributed by atoms with Crippen molar-refractivity contribution in [3.8, 4) is 0 Å². The van der Waals surface area contributed by atoms with Crippen molar-refractivity contribution in [1.82, 2.24) is 5.32 Å². The summed E-state index contributed by atoms with van der Waals surface area (Å²) in [5.74, 6) is -0.921. The largest absolute Gasteiger partial charge is 0.348 e. The summed E-state index contributed by atoms with van der Waals surface area (Å²) in [7, 11) is 0. The molecule has 0 bridgehead atoms. The Bertz CT molecular complexity index is 905. The van der Waals surface area contributed by atoms with Gasteiger partial charge in [-0.25, -0.2) is 0 Å². The summed E-state index contributed by atoms with van der Waals surface area (Å²) in [6.07, 6.45) is 0.168. The van der Waals surface area contributed by atoms with Gasteiger partial charge in [0.15, 0.2) is 0 Å². The molecule has 0 saturated carbocycles. The highest BCUT2D eigenvalue weighted by molar-refractivity contribution is 6.08. The van der Waals surface area contributed by atoms with E-state index in [0.717, 1.165) is 16.8 Å². The highest BCUT2D eigenvalue weighted by atomic mass is 16.2. The third-order valence-electron chi connectivity index (χ3n) is 4.92. The van der Waals surface area contributed by atoms with E-state index in [0.29, 0.717) is 24.3 Å². The van der Waals surface area contributed by atoms with Gasteiger partial charge in [-0.05, 0) is 30.7 Å². The number of fused-ring (bicyclic) bond motifs is 1. The molecule has 1 unspecified atom stereocenters. The average molecular weight is 349 g/mol. The van der Waals surface area contributed by atoms with E-state index in [1.807, 2.05) is 43.3 Å². The highest BCUT2D eigenvalue weighted by Gasteiger charge is 2.35. The summed E-state index contributed by atoms with van der Waals surface area (Å²) < 4.78 is 0. The minimum Gasteiger partial charge on any atom is -0.348 e. The van der Waals surface area contributed by atoms with E-state index in [9.17, 15) is 14.4 Å². The highest BCUT2D eigenvalue weighted by Crippen LogP contribution is 2.28. The van der Waals surface area contributed by atoms with Crippen molar-refractivity contribution in [2.24, 2.45) is 5.92 Å². The van der Waals surface area contributed by atoms with Crippen molar-refractivity contribution in [3.05, 3.63) is 59.2 Å². The Kier molecular flexibility index (Phi) is 3.95. The van der Waals surface area contributed by atoms with Crippen LogP contribution in [0.15, 0.2) is 42.5 Å². The molecular weight excluding hydrogens is 330 g/mol. The summed E-state index contributed by atoms with van der Waals surface area (Å²) in [6, 6.07) is 13.1. The Labute approximate surface area is 151 Å². The van der Waals surface area contributed by atoms with Gasteiger partial charge in [-0.2, -0.15) is 0 Å². The Morgan fingerprint density at radius 1 is 1.15 bits per heavy atom. The number of benzene rings is 2. The number of aryl methyl sites for hydroxylation is 1. The second-order valence-electron chi connectivity index (χ2n) is 6.75. The second kappa shape index (κ2) is 6.29. The molecule has 1 saturated heterocycles. The molecular formula is C20H19N3O3. The fraction of sp³-hybridized carbons (Fsp3) is 0.250. The van der Waals surface area contributed by atoms with Crippen molar-refractivity contribution in [1.29, 1.82) is 0 Å². The normalized spacial score (nSPS) is 18.7. The first-order valence-corrected chi connectivity index (χ1v) is 8.61. The SMILES string of the molecule is Cc1ccc(N2CC(C(=O)Nc3cccc4c3C(=O)NC4)CC2=O)cc1. The summed E-state index contributed by atoms with van der Waals surface area (Å²) in [5.41, 5.74) is 3.81. The molecule has 0 radical (unpaired) electrons. The lowest BCUT2D eigenvalue weighted by molar-refractivity contribution is -0.122. The fourth-order valence-electron chi connectivity index (χ4n) is 3.48. The average Bonchev–Trinajstić information content (AvgIpc) is 3.20. The molecule has 2 heterocycles. The van der Waals surface area contributed by atoms with Crippen LogP contribution < -0.4 is 15.5 Å². The lowest BCUT2D eigenvalue weighted by atomic mass is 10.1. The van der Waals surface area contributed by atoms with Gasteiger partial charge in [0.1, 0.15) is 0 Å². The van der Waals surface area contributed by atoms with E-state index in [1.165, 1.54) is 0 Å². The Morgan fingerprint density at radius 3 is 2.69 bits per heavy atom. The molecule has 26 heavy (non-hydrogen) atoms. The molecule has 2 aromatic rings. The van der Waals surface area contributed by atoms with Crippen molar-refractivity contribution in [2.45, 2.75) is 19.9 Å². The van der Waals surface area contributed by atoms with Crippen molar-refractivity contribution >= 4 is 29.1 Å². The molecule has 132 valence electrons. The number of nitrogens with one attached hydrogen (secondary N) is 2. The van der Waals surface area contributed by atoms with Crippen molar-refractivity contribution in [3.63, 3.8) is 0 Å². The quantitative estimate of drug-likeness (QED) is 0.892. The third-order valence-corrected chi connectivity index (χ3v) is 4.92. The van der Waals surface area contributed by atoms with Gasteiger partial charge in [0.05, 0.1) is 17.2 Å². The smallest absolute Gasteiger partial charge is 0.254 e. The minimum atomic E-state index is -0.441. The molecule has 2 aromatic carbocycles. The maximum absolute atomic E-state index is 12.7. The number of carbonyl (C=O) groups excluding carboxylic acids is 3. The molecule has 2 N–H and O–H groups in total. The Balaban J connectivity index is 1.50. The van der Waals surface area contributed by atoms with Gasteiger partial charge in [-0.3, -0.25) is 14.4 Å². The summed E-state index contributed by atoms with van der Waals surface area (Å²) in [6.45, 7) is 2.80. The van der Waals surface area contributed by atoms with Crippen LogP contribution in [-0.2, 0) is 16.1 Å². The number of amides is 3. The van der Waals surface area contributed by atoms with E-state index in [2.05, 4.69) is 10.6 Å². The molecule has 6 heteroatoms. The number of rotatable bonds is 3. The number of nitrogens with zero attached hydrogens (tertiary/aromatic N) is 1. The molecule has 0 aliphatic carbocycles. The summed E-state index contributed by atoms with van der Waals surface area (Å²) in [5, 5.41) is 5.59. The number of hydrogen-bond donors (Lipinski definition) is 2. The minimum absolute atomic E-state index is 0.0648. The molecule has 1 atom stereocenters. The van der Waals surface area contributed by atoms with Crippen LogP contribution in [-0.4, -0.2) is 24.3 Å². The monoisotopic (exact) mass is 349 g/mol. The fourth-order valence-corrected chi connectivity index (χ4v) is 3.48. The standard InChI is InChI=1S/C20H19N3O3/c1-12-5-7-15(8-6-12)23-11-14(9-17(23)24)19(25)22-16-4-2-3-13-10-21-20(26)18(13)16/h2-8,14H,9-11H2,1H3,(H,21,26)(H,22,25). The maximum atomic E-state index is 12.7. The van der Waals surface area contributed by atoms with Crippen LogP contribution >= 0.6 is 0 Å². The van der Waals surface area contributed by atoms with Crippen LogP contribution in [0.5, 0.6) is 0 Å². The molecule has 2 aliphatic heterocycles. The lowest BCUT2D eigenvalue weighted by Crippen LogP contribution is -2.28. The number of hydrogen-bond acceptors (Lipinski definition) is 3. The Hall–Kier alpha value is -3.15. The Morgan fingerprint density at radius 2 is 1.92 bits per heavy atom. The van der Waals surface area contributed by atoms with E-state index in [4.69, 9.17) is 0 Å². The van der Waals surface area contributed by atoms with Gasteiger partial charge in [-0.1, -0.05) is 29.8 Å². The predicted octanol–water partition coefficient (Wildman–Crippen LogP) is 2.23. The molecule has 3 amide bonds. The zero-order valence-corrected chi connectivity index (χ0v) is 14.4. The zero-order valence-electron chi connectivity index (χ0n) is 14.4. The van der Waals surface area contributed by atoms with Gasteiger partial charge < -0.3 is 15.5 Å². The van der Waals surface area contributed by atoms with Gasteiger partial charge >= 0.3 is 0 Å². The van der Waals surface area contributed by atoms with Gasteiger partial charge in [0.25, 0.3) is 5.91 Å². The van der Waals surface area contributed by atoms with Gasteiger partial charge in [0, 0.05) is 25.2 Å². The second-order valence-corrected chi connectivity index (χ2v) is 6.75. The van der Waals surface area contributed by atoms with Crippen LogP contribution in [0.1, 0.15) is 27.9 Å². The van der Waals surface area contributed by atoms with Gasteiger partial charge in [0.2, 0.25) is 11.8 Å². The van der Waals surface area contributed by atoms with E-state index >= 15 is 0 Å².